The van der Waals surface area contributed by atoms with Crippen LogP contribution in [0.15, 0.2) is 18.2 Å². The maximum atomic E-state index is 11.9. The van der Waals surface area contributed by atoms with Gasteiger partial charge in [-0.2, -0.15) is 0 Å². The van der Waals surface area contributed by atoms with E-state index in [0.29, 0.717) is 11.3 Å². The standard InChI is InChI=1S/C13H19NO3S/c1-9(2)18(16,17)7-6-13(15)11-5-4-10(3)12(14)8-11/h4-5,8-9H,6-7,14H2,1-3H3. The molecule has 0 fully saturated rings. The van der Waals surface area contributed by atoms with E-state index in [1.54, 1.807) is 32.0 Å². The van der Waals surface area contributed by atoms with E-state index in [1.807, 2.05) is 6.92 Å². The molecule has 1 aromatic rings. The van der Waals surface area contributed by atoms with Crippen LogP contribution in [-0.2, 0) is 9.84 Å². The topological polar surface area (TPSA) is 77.2 Å². The van der Waals surface area contributed by atoms with Gasteiger partial charge in [0.1, 0.15) is 0 Å². The number of rotatable bonds is 5. The minimum atomic E-state index is -3.17. The summed E-state index contributed by atoms with van der Waals surface area (Å²) in [4.78, 5) is 11.9. The minimum absolute atomic E-state index is 0.00299. The summed E-state index contributed by atoms with van der Waals surface area (Å²) < 4.78 is 23.2. The van der Waals surface area contributed by atoms with E-state index in [0.717, 1.165) is 5.56 Å². The van der Waals surface area contributed by atoms with Crippen molar-refractivity contribution in [2.24, 2.45) is 0 Å². The molecule has 2 N–H and O–H groups in total. The fourth-order valence-electron chi connectivity index (χ4n) is 1.43. The fraction of sp³-hybridized carbons (Fsp3) is 0.462. The van der Waals surface area contributed by atoms with Crippen molar-refractivity contribution in [2.45, 2.75) is 32.4 Å². The Morgan fingerprint density at radius 3 is 2.44 bits per heavy atom. The second-order valence-electron chi connectivity index (χ2n) is 4.66. The van der Waals surface area contributed by atoms with E-state index >= 15 is 0 Å². The van der Waals surface area contributed by atoms with Gasteiger partial charge in [0.2, 0.25) is 0 Å². The molecule has 0 unspecified atom stereocenters. The van der Waals surface area contributed by atoms with Gasteiger partial charge in [0, 0.05) is 17.7 Å². The Kier molecular flexibility index (Phi) is 4.51. The average Bonchev–Trinajstić information content (AvgIpc) is 2.29. The van der Waals surface area contributed by atoms with Crippen LogP contribution in [0.3, 0.4) is 0 Å². The summed E-state index contributed by atoms with van der Waals surface area (Å²) in [6.07, 6.45) is 0.00299. The minimum Gasteiger partial charge on any atom is -0.398 e. The molecule has 0 aliphatic carbocycles. The first kappa shape index (κ1) is 14.7. The van der Waals surface area contributed by atoms with Crippen molar-refractivity contribution in [1.82, 2.24) is 0 Å². The molecule has 100 valence electrons. The van der Waals surface area contributed by atoms with E-state index in [1.165, 1.54) is 0 Å². The zero-order chi connectivity index (χ0) is 13.9. The fourth-order valence-corrected chi connectivity index (χ4v) is 2.37. The van der Waals surface area contributed by atoms with Gasteiger partial charge in [-0.15, -0.1) is 0 Å². The maximum absolute atomic E-state index is 11.9. The molecule has 0 atom stereocenters. The summed E-state index contributed by atoms with van der Waals surface area (Å²) >= 11 is 0. The van der Waals surface area contributed by atoms with E-state index < -0.39 is 15.1 Å². The number of hydrogen-bond donors (Lipinski definition) is 1. The van der Waals surface area contributed by atoms with Crippen molar-refractivity contribution in [3.05, 3.63) is 29.3 Å². The molecule has 0 saturated heterocycles. The smallest absolute Gasteiger partial charge is 0.163 e. The molecular formula is C13H19NO3S. The van der Waals surface area contributed by atoms with Gasteiger partial charge in [0.05, 0.1) is 11.0 Å². The molecular weight excluding hydrogens is 250 g/mol. The highest BCUT2D eigenvalue weighted by molar-refractivity contribution is 7.91. The van der Waals surface area contributed by atoms with Gasteiger partial charge in [-0.05, 0) is 32.4 Å². The van der Waals surface area contributed by atoms with Crippen LogP contribution >= 0.6 is 0 Å². The van der Waals surface area contributed by atoms with E-state index in [-0.39, 0.29) is 18.0 Å². The van der Waals surface area contributed by atoms with E-state index in [9.17, 15) is 13.2 Å². The van der Waals surface area contributed by atoms with Crippen LogP contribution in [0, 0.1) is 6.92 Å². The molecule has 0 amide bonds. The summed E-state index contributed by atoms with van der Waals surface area (Å²) in [6.45, 7) is 5.08. The van der Waals surface area contributed by atoms with Crippen LogP contribution < -0.4 is 5.73 Å². The summed E-state index contributed by atoms with van der Waals surface area (Å²) in [7, 11) is -3.17. The van der Waals surface area contributed by atoms with Crippen molar-refractivity contribution >= 4 is 21.3 Å². The summed E-state index contributed by atoms with van der Waals surface area (Å²) in [5, 5.41) is -0.451. The monoisotopic (exact) mass is 269 g/mol. The lowest BCUT2D eigenvalue weighted by molar-refractivity contribution is 0.0989. The van der Waals surface area contributed by atoms with Crippen LogP contribution in [0.25, 0.3) is 0 Å². The first-order chi connectivity index (χ1) is 8.24. The predicted octanol–water partition coefficient (Wildman–Crippen LogP) is 1.97. The number of nitrogens with two attached hydrogens (primary N) is 1. The third-order valence-corrected chi connectivity index (χ3v) is 5.14. The lowest BCUT2D eigenvalue weighted by Crippen LogP contribution is -2.20. The number of sulfone groups is 1. The molecule has 0 saturated carbocycles. The van der Waals surface area contributed by atoms with Crippen molar-refractivity contribution in [3.63, 3.8) is 0 Å². The number of hydrogen-bond acceptors (Lipinski definition) is 4. The number of anilines is 1. The van der Waals surface area contributed by atoms with Gasteiger partial charge < -0.3 is 5.73 Å². The van der Waals surface area contributed by atoms with E-state index in [2.05, 4.69) is 0 Å². The SMILES string of the molecule is Cc1ccc(C(=O)CCS(=O)(=O)C(C)C)cc1N. The quantitative estimate of drug-likeness (QED) is 0.655. The van der Waals surface area contributed by atoms with Crippen LogP contribution in [-0.4, -0.2) is 25.2 Å². The summed E-state index contributed by atoms with van der Waals surface area (Å²) in [6, 6.07) is 5.04. The first-order valence-corrected chi connectivity index (χ1v) is 7.56. The highest BCUT2D eigenvalue weighted by atomic mass is 32.2. The zero-order valence-corrected chi connectivity index (χ0v) is 11.8. The van der Waals surface area contributed by atoms with Gasteiger partial charge in [-0.1, -0.05) is 12.1 Å². The van der Waals surface area contributed by atoms with Crippen molar-refractivity contribution in [1.29, 1.82) is 0 Å². The number of Topliss-reactive ketones (excluding diaryl/α,β-unsaturated/α-hetero) is 1. The van der Waals surface area contributed by atoms with Gasteiger partial charge >= 0.3 is 0 Å². The summed E-state index contributed by atoms with van der Waals surface area (Å²) in [5.74, 6) is -0.303. The molecule has 0 radical (unpaired) electrons. The molecule has 0 heterocycles. The van der Waals surface area contributed by atoms with Gasteiger partial charge in [0.25, 0.3) is 0 Å². The molecule has 1 aromatic carbocycles. The first-order valence-electron chi connectivity index (χ1n) is 5.85. The molecule has 0 aliphatic rings. The normalized spacial score (nSPS) is 11.8. The Labute approximate surface area is 108 Å². The molecule has 1 rings (SSSR count). The molecule has 0 spiro atoms. The van der Waals surface area contributed by atoms with E-state index in [4.69, 9.17) is 5.73 Å². The third-order valence-electron chi connectivity index (χ3n) is 2.93. The van der Waals surface area contributed by atoms with Crippen LogP contribution in [0.1, 0.15) is 36.2 Å². The van der Waals surface area contributed by atoms with Gasteiger partial charge in [-0.25, -0.2) is 8.42 Å². The molecule has 4 nitrogen and oxygen atoms in total. The molecule has 18 heavy (non-hydrogen) atoms. The largest absolute Gasteiger partial charge is 0.398 e. The molecule has 0 aromatic heterocycles. The number of benzene rings is 1. The predicted molar refractivity (Wildman–Crippen MR) is 73.5 cm³/mol. The van der Waals surface area contributed by atoms with Crippen LogP contribution in [0.4, 0.5) is 5.69 Å². The number of ketones is 1. The molecule has 5 heteroatoms. The maximum Gasteiger partial charge on any atom is 0.163 e. The Morgan fingerprint density at radius 1 is 1.33 bits per heavy atom. The second-order valence-corrected chi connectivity index (χ2v) is 7.34. The lowest BCUT2D eigenvalue weighted by Gasteiger charge is -2.07. The number of nitrogen functional groups attached to an aromatic ring is 1. The highest BCUT2D eigenvalue weighted by Gasteiger charge is 2.18. The van der Waals surface area contributed by atoms with Crippen molar-refractivity contribution < 1.29 is 13.2 Å². The Bertz CT molecular complexity index is 547. The Hall–Kier alpha value is -1.36. The average molecular weight is 269 g/mol. The lowest BCUT2D eigenvalue weighted by atomic mass is 10.1. The Balaban J connectivity index is 2.75. The van der Waals surface area contributed by atoms with Crippen LogP contribution in [0.2, 0.25) is 0 Å². The highest BCUT2D eigenvalue weighted by Crippen LogP contribution is 2.15. The number of carbonyl (C=O) groups is 1. The van der Waals surface area contributed by atoms with Gasteiger partial charge in [0.15, 0.2) is 15.6 Å². The van der Waals surface area contributed by atoms with Crippen molar-refractivity contribution in [3.8, 4) is 0 Å². The molecule has 0 aliphatic heterocycles. The summed E-state index contributed by atoms with van der Waals surface area (Å²) in [5.41, 5.74) is 7.64. The Morgan fingerprint density at radius 2 is 1.94 bits per heavy atom. The number of carbonyl (C=O) groups excluding carboxylic acids is 1. The zero-order valence-electron chi connectivity index (χ0n) is 10.9. The molecule has 0 bridgehead atoms. The number of aryl methyl sites for hydroxylation is 1. The van der Waals surface area contributed by atoms with Crippen LogP contribution in [0.5, 0.6) is 0 Å². The third kappa shape index (κ3) is 3.57. The van der Waals surface area contributed by atoms with Crippen molar-refractivity contribution in [2.75, 3.05) is 11.5 Å². The second kappa shape index (κ2) is 5.52. The van der Waals surface area contributed by atoms with Gasteiger partial charge in [-0.3, -0.25) is 4.79 Å².